The van der Waals surface area contributed by atoms with Crippen molar-refractivity contribution in [3.05, 3.63) is 46.7 Å². The Bertz CT molecular complexity index is 556. The van der Waals surface area contributed by atoms with Crippen molar-refractivity contribution in [3.63, 3.8) is 0 Å². The number of aryl methyl sites for hydroxylation is 2. The molecule has 2 rings (SSSR count). The van der Waals surface area contributed by atoms with Crippen LogP contribution >= 0.6 is 11.6 Å². The van der Waals surface area contributed by atoms with Crippen LogP contribution in [0.15, 0.2) is 30.3 Å². The van der Waals surface area contributed by atoms with E-state index in [-0.39, 0.29) is 6.04 Å². The molecule has 0 saturated heterocycles. The van der Waals surface area contributed by atoms with Gasteiger partial charge in [0, 0.05) is 12.6 Å². The van der Waals surface area contributed by atoms with Gasteiger partial charge >= 0.3 is 0 Å². The largest absolute Gasteiger partial charge is 0.492 e. The Morgan fingerprint density at radius 1 is 1.40 bits per heavy atom. The molecule has 1 heterocycles. The summed E-state index contributed by atoms with van der Waals surface area (Å²) in [5.41, 5.74) is 4.67. The summed E-state index contributed by atoms with van der Waals surface area (Å²) in [4.78, 5) is 0. The van der Waals surface area contributed by atoms with Gasteiger partial charge in [0.05, 0.1) is 11.7 Å². The van der Waals surface area contributed by atoms with E-state index in [1.165, 1.54) is 0 Å². The van der Waals surface area contributed by atoms with Gasteiger partial charge in [0.1, 0.15) is 17.5 Å². The number of nitrogens with one attached hydrogen (secondary N) is 1. The number of halogens is 1. The minimum Gasteiger partial charge on any atom is -0.492 e. The topological polar surface area (TPSA) is 65.1 Å². The predicted octanol–water partition coefficient (Wildman–Crippen LogP) is 1.84. The van der Waals surface area contributed by atoms with Crippen LogP contribution in [0, 0.1) is 6.92 Å². The van der Waals surface area contributed by atoms with Gasteiger partial charge < -0.3 is 4.74 Å². The molecule has 1 aromatic heterocycles. The normalized spacial score (nSPS) is 12.4. The first-order valence-electron chi connectivity index (χ1n) is 6.43. The van der Waals surface area contributed by atoms with Crippen molar-refractivity contribution in [2.45, 2.75) is 19.4 Å². The number of hydrogen-bond acceptors (Lipinski definition) is 4. The van der Waals surface area contributed by atoms with Crippen LogP contribution in [0.2, 0.25) is 5.15 Å². The second-order valence-corrected chi connectivity index (χ2v) is 5.03. The zero-order valence-corrected chi connectivity index (χ0v) is 12.4. The van der Waals surface area contributed by atoms with E-state index in [2.05, 4.69) is 10.5 Å². The Balaban J connectivity index is 1.99. The van der Waals surface area contributed by atoms with E-state index in [0.29, 0.717) is 18.2 Å². The number of aromatic nitrogens is 2. The van der Waals surface area contributed by atoms with Gasteiger partial charge in [-0.25, -0.2) is 0 Å². The van der Waals surface area contributed by atoms with Crippen LogP contribution in [-0.4, -0.2) is 22.4 Å². The summed E-state index contributed by atoms with van der Waals surface area (Å²) < 4.78 is 7.37. The fourth-order valence-corrected chi connectivity index (χ4v) is 2.28. The maximum absolute atomic E-state index is 6.22. The smallest absolute Gasteiger partial charge is 0.130 e. The van der Waals surface area contributed by atoms with E-state index in [9.17, 15) is 0 Å². The SMILES string of the molecule is Cc1nn(C)c(Cl)c1CC(COc1ccccc1)NN. The summed E-state index contributed by atoms with van der Waals surface area (Å²) in [5, 5.41) is 4.93. The van der Waals surface area contributed by atoms with Crippen molar-refractivity contribution in [1.29, 1.82) is 0 Å². The zero-order valence-electron chi connectivity index (χ0n) is 11.6. The van der Waals surface area contributed by atoms with E-state index in [4.69, 9.17) is 22.2 Å². The summed E-state index contributed by atoms with van der Waals surface area (Å²) in [5.74, 6) is 6.41. The lowest BCUT2D eigenvalue weighted by Crippen LogP contribution is -2.41. The molecule has 0 bridgehead atoms. The van der Waals surface area contributed by atoms with Crippen LogP contribution in [0.1, 0.15) is 11.3 Å². The van der Waals surface area contributed by atoms with Gasteiger partial charge in [-0.05, 0) is 25.5 Å². The van der Waals surface area contributed by atoms with Crippen LogP contribution in [0.25, 0.3) is 0 Å². The van der Waals surface area contributed by atoms with Crippen molar-refractivity contribution in [3.8, 4) is 5.75 Å². The number of rotatable bonds is 6. The quantitative estimate of drug-likeness (QED) is 0.630. The lowest BCUT2D eigenvalue weighted by molar-refractivity contribution is 0.264. The first-order valence-corrected chi connectivity index (χ1v) is 6.81. The second kappa shape index (κ2) is 6.74. The van der Waals surface area contributed by atoms with Crippen molar-refractivity contribution in [2.75, 3.05) is 6.61 Å². The number of nitrogens with two attached hydrogens (primary N) is 1. The summed E-state index contributed by atoms with van der Waals surface area (Å²) in [6, 6.07) is 9.61. The van der Waals surface area contributed by atoms with Crippen molar-refractivity contribution < 1.29 is 4.74 Å². The Hall–Kier alpha value is -1.56. The lowest BCUT2D eigenvalue weighted by Gasteiger charge is -2.16. The van der Waals surface area contributed by atoms with Gasteiger partial charge in [-0.3, -0.25) is 16.0 Å². The Labute approximate surface area is 123 Å². The summed E-state index contributed by atoms with van der Waals surface area (Å²) >= 11 is 6.22. The van der Waals surface area contributed by atoms with E-state index >= 15 is 0 Å². The number of hydrogen-bond donors (Lipinski definition) is 2. The Morgan fingerprint density at radius 3 is 2.65 bits per heavy atom. The number of hydrazine groups is 1. The van der Waals surface area contributed by atoms with E-state index in [0.717, 1.165) is 17.0 Å². The van der Waals surface area contributed by atoms with Gasteiger partial charge in [-0.15, -0.1) is 0 Å². The molecule has 0 fully saturated rings. The van der Waals surface area contributed by atoms with Gasteiger partial charge in [-0.2, -0.15) is 5.10 Å². The molecule has 0 spiro atoms. The van der Waals surface area contributed by atoms with Crippen LogP contribution < -0.4 is 16.0 Å². The molecule has 6 heteroatoms. The van der Waals surface area contributed by atoms with Gasteiger partial charge in [-0.1, -0.05) is 29.8 Å². The van der Waals surface area contributed by atoms with E-state index in [1.54, 1.807) is 4.68 Å². The first kappa shape index (κ1) is 14.8. The minimum absolute atomic E-state index is 0.0318. The maximum Gasteiger partial charge on any atom is 0.130 e. The highest BCUT2D eigenvalue weighted by atomic mass is 35.5. The molecule has 1 unspecified atom stereocenters. The molecular formula is C14H19ClN4O. The van der Waals surface area contributed by atoms with Crippen molar-refractivity contribution in [1.82, 2.24) is 15.2 Å². The molecule has 3 N–H and O–H groups in total. The van der Waals surface area contributed by atoms with E-state index in [1.807, 2.05) is 44.3 Å². The van der Waals surface area contributed by atoms with Gasteiger partial charge in [0.15, 0.2) is 0 Å². The first-order chi connectivity index (χ1) is 9.61. The molecular weight excluding hydrogens is 276 g/mol. The van der Waals surface area contributed by atoms with E-state index < -0.39 is 0 Å². The van der Waals surface area contributed by atoms with Crippen LogP contribution in [-0.2, 0) is 13.5 Å². The molecule has 108 valence electrons. The lowest BCUT2D eigenvalue weighted by atomic mass is 10.1. The van der Waals surface area contributed by atoms with Crippen LogP contribution in [0.4, 0.5) is 0 Å². The number of para-hydroxylation sites is 1. The fourth-order valence-electron chi connectivity index (χ4n) is 2.03. The third-order valence-electron chi connectivity index (χ3n) is 3.15. The van der Waals surface area contributed by atoms with Crippen molar-refractivity contribution >= 4 is 11.6 Å². The Morgan fingerprint density at radius 2 is 2.10 bits per heavy atom. The molecule has 0 aliphatic heterocycles. The standard InChI is InChI=1S/C14H19ClN4O/c1-10-13(14(15)19(2)18-10)8-11(17-16)9-20-12-6-4-3-5-7-12/h3-7,11,17H,8-9,16H2,1-2H3. The third-order valence-corrected chi connectivity index (χ3v) is 3.62. The molecule has 0 amide bonds. The predicted molar refractivity (Wildman–Crippen MR) is 79.7 cm³/mol. The van der Waals surface area contributed by atoms with Crippen molar-refractivity contribution in [2.24, 2.45) is 12.9 Å². The molecule has 0 saturated carbocycles. The van der Waals surface area contributed by atoms with Gasteiger partial charge in [0.2, 0.25) is 0 Å². The average Bonchev–Trinajstić information content (AvgIpc) is 2.70. The summed E-state index contributed by atoms with van der Waals surface area (Å²) in [7, 11) is 1.82. The Kier molecular flexibility index (Phi) is 5.00. The third kappa shape index (κ3) is 3.50. The fraction of sp³-hybridized carbons (Fsp3) is 0.357. The zero-order chi connectivity index (χ0) is 14.5. The highest BCUT2D eigenvalue weighted by Gasteiger charge is 2.17. The minimum atomic E-state index is -0.0318. The number of benzene rings is 1. The number of nitrogens with zero attached hydrogens (tertiary/aromatic N) is 2. The molecule has 5 nitrogen and oxygen atoms in total. The molecule has 0 radical (unpaired) electrons. The average molecular weight is 295 g/mol. The number of ether oxygens (including phenoxy) is 1. The molecule has 20 heavy (non-hydrogen) atoms. The second-order valence-electron chi connectivity index (χ2n) is 4.67. The molecule has 0 aliphatic rings. The monoisotopic (exact) mass is 294 g/mol. The van der Waals surface area contributed by atoms with Crippen LogP contribution in [0.3, 0.4) is 0 Å². The molecule has 0 aliphatic carbocycles. The maximum atomic E-state index is 6.22. The van der Waals surface area contributed by atoms with Crippen LogP contribution in [0.5, 0.6) is 5.75 Å². The highest BCUT2D eigenvalue weighted by molar-refractivity contribution is 6.30. The molecule has 2 aromatic rings. The summed E-state index contributed by atoms with van der Waals surface area (Å²) in [6.07, 6.45) is 0.668. The highest BCUT2D eigenvalue weighted by Crippen LogP contribution is 2.20. The van der Waals surface area contributed by atoms with Gasteiger partial charge in [0.25, 0.3) is 0 Å². The summed E-state index contributed by atoms with van der Waals surface area (Å²) in [6.45, 7) is 2.40. The molecule has 1 atom stereocenters. The molecule has 1 aromatic carbocycles.